The van der Waals surface area contributed by atoms with Crippen molar-refractivity contribution in [1.29, 1.82) is 0 Å². The van der Waals surface area contributed by atoms with Crippen LogP contribution in [0.1, 0.15) is 21.7 Å². The Hall–Kier alpha value is -1.39. The molecule has 0 fully saturated rings. The highest BCUT2D eigenvalue weighted by Crippen LogP contribution is 2.18. The number of rotatable bonds is 5. The van der Waals surface area contributed by atoms with Gasteiger partial charge < -0.3 is 10.5 Å². The molecule has 0 aliphatic carbocycles. The molecule has 0 aliphatic heterocycles. The summed E-state index contributed by atoms with van der Waals surface area (Å²) < 4.78 is 5.66. The maximum Gasteiger partial charge on any atom is 0.0891 e. The van der Waals surface area contributed by atoms with Crippen molar-refractivity contribution < 1.29 is 4.74 Å². The van der Waals surface area contributed by atoms with Crippen LogP contribution in [0, 0.1) is 13.8 Å². The molecule has 4 heteroatoms. The molecule has 2 aromatic rings. The number of hydrogen-bond acceptors (Lipinski definition) is 4. The van der Waals surface area contributed by atoms with Gasteiger partial charge in [0.2, 0.25) is 0 Å². The second-order valence-electron chi connectivity index (χ2n) is 4.31. The summed E-state index contributed by atoms with van der Waals surface area (Å²) in [6, 6.07) is 4.19. The van der Waals surface area contributed by atoms with Gasteiger partial charge in [0.25, 0.3) is 0 Å². The van der Waals surface area contributed by atoms with E-state index in [4.69, 9.17) is 10.5 Å². The van der Waals surface area contributed by atoms with E-state index in [2.05, 4.69) is 22.5 Å². The molecular formula is C14H18N2OS. The molecule has 96 valence electrons. The molecule has 0 radical (unpaired) electrons. The van der Waals surface area contributed by atoms with Crippen molar-refractivity contribution in [3.8, 4) is 0 Å². The summed E-state index contributed by atoms with van der Waals surface area (Å²) in [7, 11) is 0. The van der Waals surface area contributed by atoms with Gasteiger partial charge in [0, 0.05) is 23.2 Å². The predicted octanol–water partition coefficient (Wildman–Crippen LogP) is 3.10. The standard InChI is InChI=1S/C14H18N2OS/c1-10-8-16-13(11(2)14(10)15)9-17-6-5-12-4-3-7-18-12/h3-4,7-8H,5-6,9H2,1-2H3,(H2,15,16). The predicted molar refractivity (Wildman–Crippen MR) is 75.8 cm³/mol. The highest BCUT2D eigenvalue weighted by atomic mass is 32.1. The van der Waals surface area contributed by atoms with Crippen molar-refractivity contribution in [2.45, 2.75) is 26.9 Å². The largest absolute Gasteiger partial charge is 0.398 e. The van der Waals surface area contributed by atoms with Crippen LogP contribution in [-0.2, 0) is 17.8 Å². The Morgan fingerprint density at radius 2 is 2.22 bits per heavy atom. The summed E-state index contributed by atoms with van der Waals surface area (Å²) in [5.41, 5.74) is 9.78. The number of anilines is 1. The first kappa shape index (κ1) is 13.1. The highest BCUT2D eigenvalue weighted by Gasteiger charge is 2.06. The van der Waals surface area contributed by atoms with Crippen molar-refractivity contribution in [2.75, 3.05) is 12.3 Å². The number of nitrogens with zero attached hydrogens (tertiary/aromatic N) is 1. The van der Waals surface area contributed by atoms with Gasteiger partial charge >= 0.3 is 0 Å². The van der Waals surface area contributed by atoms with Gasteiger partial charge in [0.1, 0.15) is 0 Å². The summed E-state index contributed by atoms with van der Waals surface area (Å²) >= 11 is 1.76. The molecule has 0 unspecified atom stereocenters. The fourth-order valence-corrected chi connectivity index (χ4v) is 2.42. The van der Waals surface area contributed by atoms with Crippen LogP contribution in [0.3, 0.4) is 0 Å². The number of nitrogens with two attached hydrogens (primary N) is 1. The van der Waals surface area contributed by atoms with Crippen LogP contribution in [0.15, 0.2) is 23.7 Å². The van der Waals surface area contributed by atoms with E-state index in [0.717, 1.165) is 35.5 Å². The number of aryl methyl sites for hydroxylation is 1. The lowest BCUT2D eigenvalue weighted by Crippen LogP contribution is -2.05. The van der Waals surface area contributed by atoms with Gasteiger partial charge in [-0.25, -0.2) is 0 Å². The average molecular weight is 262 g/mol. The van der Waals surface area contributed by atoms with Crippen LogP contribution in [0.2, 0.25) is 0 Å². The van der Waals surface area contributed by atoms with Crippen molar-refractivity contribution in [3.05, 3.63) is 45.4 Å². The third-order valence-electron chi connectivity index (χ3n) is 2.99. The Kier molecular flexibility index (Phi) is 4.33. The van der Waals surface area contributed by atoms with Crippen molar-refractivity contribution in [2.24, 2.45) is 0 Å². The topological polar surface area (TPSA) is 48.1 Å². The van der Waals surface area contributed by atoms with E-state index >= 15 is 0 Å². The van der Waals surface area contributed by atoms with Crippen LogP contribution in [0.5, 0.6) is 0 Å². The van der Waals surface area contributed by atoms with E-state index in [1.807, 2.05) is 13.8 Å². The molecule has 0 amide bonds. The third-order valence-corrected chi connectivity index (χ3v) is 3.92. The minimum absolute atomic E-state index is 0.529. The van der Waals surface area contributed by atoms with Gasteiger partial charge in [-0.05, 0) is 36.4 Å². The smallest absolute Gasteiger partial charge is 0.0891 e. The van der Waals surface area contributed by atoms with E-state index in [9.17, 15) is 0 Å². The molecule has 0 saturated carbocycles. The minimum Gasteiger partial charge on any atom is -0.398 e. The van der Waals surface area contributed by atoms with E-state index in [-0.39, 0.29) is 0 Å². The Morgan fingerprint density at radius 3 is 2.94 bits per heavy atom. The Labute approximate surface area is 112 Å². The molecule has 0 aromatic carbocycles. The minimum atomic E-state index is 0.529. The molecule has 2 rings (SSSR count). The molecule has 2 heterocycles. The number of ether oxygens (including phenoxy) is 1. The molecule has 0 saturated heterocycles. The van der Waals surface area contributed by atoms with Gasteiger partial charge in [-0.1, -0.05) is 6.07 Å². The molecule has 3 nitrogen and oxygen atoms in total. The van der Waals surface area contributed by atoms with Crippen molar-refractivity contribution in [1.82, 2.24) is 4.98 Å². The van der Waals surface area contributed by atoms with Crippen molar-refractivity contribution in [3.63, 3.8) is 0 Å². The molecule has 0 aliphatic rings. The Balaban J connectivity index is 1.85. The normalized spacial score (nSPS) is 10.8. The van der Waals surface area contributed by atoms with Gasteiger partial charge in [-0.2, -0.15) is 0 Å². The average Bonchev–Trinajstić information content (AvgIpc) is 2.87. The van der Waals surface area contributed by atoms with E-state index < -0.39 is 0 Å². The van der Waals surface area contributed by atoms with E-state index in [1.165, 1.54) is 4.88 Å². The summed E-state index contributed by atoms with van der Waals surface area (Å²) in [5, 5.41) is 2.09. The van der Waals surface area contributed by atoms with E-state index in [1.54, 1.807) is 17.5 Å². The van der Waals surface area contributed by atoms with Crippen LogP contribution in [0.25, 0.3) is 0 Å². The first-order valence-corrected chi connectivity index (χ1v) is 6.87. The first-order valence-electron chi connectivity index (χ1n) is 5.99. The number of pyridine rings is 1. The molecular weight excluding hydrogens is 244 g/mol. The highest BCUT2D eigenvalue weighted by molar-refractivity contribution is 7.09. The van der Waals surface area contributed by atoms with Crippen LogP contribution >= 0.6 is 11.3 Å². The summed E-state index contributed by atoms with van der Waals surface area (Å²) in [5.74, 6) is 0. The second-order valence-corrected chi connectivity index (χ2v) is 5.34. The third kappa shape index (κ3) is 3.09. The summed E-state index contributed by atoms with van der Waals surface area (Å²) in [6.45, 7) is 5.21. The molecule has 2 N–H and O–H groups in total. The number of hydrogen-bond donors (Lipinski definition) is 1. The number of aromatic nitrogens is 1. The van der Waals surface area contributed by atoms with Gasteiger partial charge in [0.05, 0.1) is 18.9 Å². The zero-order valence-electron chi connectivity index (χ0n) is 10.8. The second kappa shape index (κ2) is 5.98. The van der Waals surface area contributed by atoms with E-state index in [0.29, 0.717) is 6.61 Å². The molecule has 2 aromatic heterocycles. The van der Waals surface area contributed by atoms with Gasteiger partial charge in [-0.15, -0.1) is 11.3 Å². The lowest BCUT2D eigenvalue weighted by Gasteiger charge is -2.10. The Bertz CT molecular complexity index is 509. The summed E-state index contributed by atoms with van der Waals surface area (Å²) in [4.78, 5) is 5.72. The van der Waals surface area contributed by atoms with Crippen LogP contribution in [0.4, 0.5) is 5.69 Å². The lowest BCUT2D eigenvalue weighted by atomic mass is 10.1. The molecule has 0 atom stereocenters. The first-order chi connectivity index (χ1) is 8.68. The fourth-order valence-electron chi connectivity index (χ4n) is 1.73. The SMILES string of the molecule is Cc1cnc(COCCc2cccs2)c(C)c1N. The zero-order chi connectivity index (χ0) is 13.0. The number of thiophene rings is 1. The van der Waals surface area contributed by atoms with Gasteiger partial charge in [0.15, 0.2) is 0 Å². The summed E-state index contributed by atoms with van der Waals surface area (Å²) in [6.07, 6.45) is 2.76. The molecule has 18 heavy (non-hydrogen) atoms. The quantitative estimate of drug-likeness (QED) is 0.842. The van der Waals surface area contributed by atoms with Gasteiger partial charge in [-0.3, -0.25) is 4.98 Å². The Morgan fingerprint density at radius 1 is 1.39 bits per heavy atom. The lowest BCUT2D eigenvalue weighted by molar-refractivity contribution is 0.121. The maximum atomic E-state index is 5.97. The number of nitrogen functional groups attached to an aromatic ring is 1. The molecule has 0 bridgehead atoms. The monoisotopic (exact) mass is 262 g/mol. The zero-order valence-corrected chi connectivity index (χ0v) is 11.6. The van der Waals surface area contributed by atoms with Crippen LogP contribution < -0.4 is 5.73 Å². The maximum absolute atomic E-state index is 5.97. The molecule has 0 spiro atoms. The fraction of sp³-hybridized carbons (Fsp3) is 0.357. The van der Waals surface area contributed by atoms with Crippen LogP contribution in [-0.4, -0.2) is 11.6 Å². The van der Waals surface area contributed by atoms with Crippen molar-refractivity contribution >= 4 is 17.0 Å².